The molecule has 7 nitrogen and oxygen atoms in total. The second kappa shape index (κ2) is 6.38. The highest BCUT2D eigenvalue weighted by Crippen LogP contribution is 2.32. The minimum atomic E-state index is -0.0664. The fraction of sp³-hybridized carbons (Fsp3) is 0.500. The molecule has 1 saturated carbocycles. The van der Waals surface area contributed by atoms with E-state index >= 15 is 0 Å². The summed E-state index contributed by atoms with van der Waals surface area (Å²) in [5, 5.41) is 6.35. The monoisotopic (exact) mass is 341 g/mol. The Balaban J connectivity index is 1.39. The smallest absolute Gasteiger partial charge is 0.271 e. The normalized spacial score (nSPS) is 25.9. The molecule has 2 aliphatic heterocycles. The zero-order chi connectivity index (χ0) is 17.4. The molecule has 0 radical (unpaired) electrons. The van der Waals surface area contributed by atoms with Gasteiger partial charge in [0.1, 0.15) is 12.0 Å². The van der Waals surface area contributed by atoms with Crippen LogP contribution in [0.5, 0.6) is 0 Å². The Morgan fingerprint density at radius 1 is 1.32 bits per heavy atom. The third kappa shape index (κ3) is 3.06. The van der Waals surface area contributed by atoms with Gasteiger partial charge >= 0.3 is 0 Å². The Kier molecular flexibility index (Phi) is 4.07. The fourth-order valence-corrected chi connectivity index (χ4v) is 3.79. The number of rotatable bonds is 3. The van der Waals surface area contributed by atoms with Crippen LogP contribution in [0.25, 0.3) is 0 Å². The predicted octanol–water partition coefficient (Wildman–Crippen LogP) is 2.23. The van der Waals surface area contributed by atoms with Gasteiger partial charge in [0, 0.05) is 23.4 Å². The molecule has 4 rings (SSSR count). The summed E-state index contributed by atoms with van der Waals surface area (Å²) in [5.74, 6) is 1.84. The average Bonchev–Trinajstić information content (AvgIpc) is 3.25. The molecule has 25 heavy (non-hydrogen) atoms. The summed E-state index contributed by atoms with van der Waals surface area (Å²) in [6.45, 7) is 4.57. The van der Waals surface area contributed by atoms with Crippen molar-refractivity contribution in [1.82, 2.24) is 20.5 Å². The summed E-state index contributed by atoms with van der Waals surface area (Å²) in [5.41, 5.74) is 2.59. The Bertz CT molecular complexity index is 754. The Morgan fingerprint density at radius 3 is 2.84 bits per heavy atom. The maximum absolute atomic E-state index is 12.7. The van der Waals surface area contributed by atoms with Gasteiger partial charge in [-0.25, -0.2) is 9.98 Å². The number of aliphatic imine (C=N–C) groups is 1. The minimum Gasteiger partial charge on any atom is -0.449 e. The van der Waals surface area contributed by atoms with E-state index in [1.54, 1.807) is 12.5 Å². The number of nitrogens with zero attached hydrogens (tertiary/aromatic N) is 3. The van der Waals surface area contributed by atoms with Crippen LogP contribution in [0.3, 0.4) is 0 Å². The number of hydrogen-bond acceptors (Lipinski definition) is 6. The van der Waals surface area contributed by atoms with Crippen molar-refractivity contribution < 1.29 is 9.21 Å². The van der Waals surface area contributed by atoms with Gasteiger partial charge in [-0.2, -0.15) is 0 Å². The van der Waals surface area contributed by atoms with Crippen LogP contribution in [0.2, 0.25) is 0 Å². The number of nitrogens with one attached hydrogen (secondary N) is 2. The third-order valence-corrected chi connectivity index (χ3v) is 5.11. The van der Waals surface area contributed by atoms with E-state index in [4.69, 9.17) is 4.42 Å². The average molecular weight is 341 g/mol. The van der Waals surface area contributed by atoms with Crippen LogP contribution in [0.4, 0.5) is 0 Å². The number of hydrogen-bond donors (Lipinski definition) is 2. The van der Waals surface area contributed by atoms with Crippen molar-refractivity contribution in [3.63, 3.8) is 0 Å². The lowest BCUT2D eigenvalue weighted by molar-refractivity contribution is -0.118. The van der Waals surface area contributed by atoms with Gasteiger partial charge in [0.15, 0.2) is 11.7 Å². The van der Waals surface area contributed by atoms with Crippen molar-refractivity contribution in [3.8, 4) is 0 Å². The molecule has 1 aliphatic carbocycles. The molecule has 1 amide bonds. The number of fused-ring (bicyclic) bond motifs is 1. The van der Waals surface area contributed by atoms with Crippen molar-refractivity contribution in [2.45, 2.75) is 51.5 Å². The first-order chi connectivity index (χ1) is 12.1. The van der Waals surface area contributed by atoms with E-state index in [0.717, 1.165) is 48.8 Å². The van der Waals surface area contributed by atoms with E-state index in [2.05, 4.69) is 20.6 Å². The van der Waals surface area contributed by atoms with Gasteiger partial charge in [-0.15, -0.1) is 0 Å². The van der Waals surface area contributed by atoms with Crippen LogP contribution in [-0.2, 0) is 4.79 Å². The van der Waals surface area contributed by atoms with Gasteiger partial charge in [0.2, 0.25) is 0 Å². The predicted molar refractivity (Wildman–Crippen MR) is 93.4 cm³/mol. The summed E-state index contributed by atoms with van der Waals surface area (Å²) in [4.78, 5) is 23.5. The van der Waals surface area contributed by atoms with E-state index in [9.17, 15) is 4.79 Å². The third-order valence-electron chi connectivity index (χ3n) is 5.11. The van der Waals surface area contributed by atoms with Gasteiger partial charge in [-0.1, -0.05) is 0 Å². The van der Waals surface area contributed by atoms with Gasteiger partial charge in [-0.3, -0.25) is 4.79 Å². The van der Waals surface area contributed by atoms with Crippen LogP contribution >= 0.6 is 0 Å². The molecule has 1 aromatic rings. The molecule has 3 aliphatic rings. The molecule has 3 heterocycles. The van der Waals surface area contributed by atoms with E-state index in [0.29, 0.717) is 18.3 Å². The van der Waals surface area contributed by atoms with E-state index in [1.807, 2.05) is 24.8 Å². The summed E-state index contributed by atoms with van der Waals surface area (Å²) in [7, 11) is 0. The highest BCUT2D eigenvalue weighted by Gasteiger charge is 2.32. The first-order valence-electron chi connectivity index (χ1n) is 8.81. The number of allylic oxidation sites excluding steroid dienone is 2. The van der Waals surface area contributed by atoms with Gasteiger partial charge in [0.25, 0.3) is 5.91 Å². The van der Waals surface area contributed by atoms with Crippen LogP contribution in [-0.4, -0.2) is 34.2 Å². The first kappa shape index (κ1) is 15.9. The number of oxazole rings is 1. The number of carbonyl (C=O) groups is 1. The number of aromatic nitrogens is 1. The van der Waals surface area contributed by atoms with Crippen molar-refractivity contribution in [2.24, 2.45) is 4.99 Å². The van der Waals surface area contributed by atoms with Crippen molar-refractivity contribution >= 4 is 11.6 Å². The van der Waals surface area contributed by atoms with E-state index in [-0.39, 0.29) is 11.9 Å². The second-order valence-corrected chi connectivity index (χ2v) is 6.89. The molecule has 0 aromatic carbocycles. The molecular formula is C18H23N5O2. The lowest BCUT2D eigenvalue weighted by Crippen LogP contribution is -2.40. The Labute approximate surface area is 146 Å². The van der Waals surface area contributed by atoms with Crippen LogP contribution in [0.1, 0.15) is 51.3 Å². The number of amides is 1. The highest BCUT2D eigenvalue weighted by atomic mass is 16.3. The number of carbonyl (C=O) groups excluding carboxylic acids is 1. The van der Waals surface area contributed by atoms with Gasteiger partial charge < -0.3 is 20.0 Å². The molecular weight excluding hydrogens is 318 g/mol. The molecule has 0 bridgehead atoms. The Hall–Kier alpha value is -2.57. The topological polar surface area (TPSA) is 82.8 Å². The standard InChI is InChI=1S/C18H23N5O2/c1-11-9-12(2)23-10-20-15(16(23)21-11)17(24)22-14-5-3-13(4-6-14)18-19-7-8-25-18/h7-9,13-14,20H,3-6,10H2,1-2H3,(H,22,24). The summed E-state index contributed by atoms with van der Waals surface area (Å²) >= 11 is 0. The molecule has 0 unspecified atom stereocenters. The van der Waals surface area contributed by atoms with Crippen molar-refractivity contribution in [1.29, 1.82) is 0 Å². The second-order valence-electron chi connectivity index (χ2n) is 6.89. The quantitative estimate of drug-likeness (QED) is 0.881. The summed E-state index contributed by atoms with van der Waals surface area (Å²) in [6.07, 6.45) is 9.18. The largest absolute Gasteiger partial charge is 0.449 e. The molecule has 0 saturated heterocycles. The van der Waals surface area contributed by atoms with E-state index < -0.39 is 0 Å². The SMILES string of the molecule is CC1=CC(C)=NC2=C(C(=O)NC3CCC(c4ncco4)CC3)NCN12. The zero-order valence-corrected chi connectivity index (χ0v) is 14.6. The van der Waals surface area contributed by atoms with E-state index in [1.165, 1.54) is 0 Å². The Morgan fingerprint density at radius 2 is 2.12 bits per heavy atom. The van der Waals surface area contributed by atoms with Gasteiger partial charge in [0.05, 0.1) is 12.9 Å². The summed E-state index contributed by atoms with van der Waals surface area (Å²) < 4.78 is 5.41. The molecule has 7 heteroatoms. The highest BCUT2D eigenvalue weighted by molar-refractivity contribution is 5.98. The van der Waals surface area contributed by atoms with Crippen molar-refractivity contribution in [3.05, 3.63) is 41.6 Å². The lowest BCUT2D eigenvalue weighted by Gasteiger charge is -2.27. The van der Waals surface area contributed by atoms with Gasteiger partial charge in [-0.05, 0) is 45.6 Å². The molecule has 0 spiro atoms. The maximum atomic E-state index is 12.7. The minimum absolute atomic E-state index is 0.0664. The summed E-state index contributed by atoms with van der Waals surface area (Å²) in [6, 6.07) is 0.188. The molecule has 2 N–H and O–H groups in total. The lowest BCUT2D eigenvalue weighted by atomic mass is 9.86. The van der Waals surface area contributed by atoms with Crippen LogP contribution in [0.15, 0.2) is 45.2 Å². The van der Waals surface area contributed by atoms with Crippen LogP contribution in [0, 0.1) is 0 Å². The zero-order valence-electron chi connectivity index (χ0n) is 14.6. The molecule has 132 valence electrons. The van der Waals surface area contributed by atoms with Crippen LogP contribution < -0.4 is 10.6 Å². The molecule has 0 atom stereocenters. The molecule has 1 aromatic heterocycles. The molecule has 1 fully saturated rings. The van der Waals surface area contributed by atoms with Crippen molar-refractivity contribution in [2.75, 3.05) is 6.67 Å². The first-order valence-corrected chi connectivity index (χ1v) is 8.81. The maximum Gasteiger partial charge on any atom is 0.271 e. The fourth-order valence-electron chi connectivity index (χ4n) is 3.79.